The number of fused-ring (bicyclic) bond motifs is 3. The predicted molar refractivity (Wildman–Crippen MR) is 85.0 cm³/mol. The molecule has 20 heavy (non-hydrogen) atoms. The molecule has 102 valence electrons. The van der Waals surface area contributed by atoms with Gasteiger partial charge in [-0.1, -0.05) is 52.4 Å². The van der Waals surface area contributed by atoms with Crippen LogP contribution in [-0.2, 0) is 11.2 Å². The van der Waals surface area contributed by atoms with Crippen LogP contribution >= 0.6 is 15.9 Å². The molecule has 2 aromatic rings. The van der Waals surface area contributed by atoms with Crippen molar-refractivity contribution in [1.82, 2.24) is 4.98 Å². The van der Waals surface area contributed by atoms with Gasteiger partial charge in [0.1, 0.15) is 6.10 Å². The van der Waals surface area contributed by atoms with Gasteiger partial charge in [0.05, 0.1) is 6.61 Å². The van der Waals surface area contributed by atoms with Crippen LogP contribution in [0, 0.1) is 5.92 Å². The Labute approximate surface area is 126 Å². The van der Waals surface area contributed by atoms with Crippen molar-refractivity contribution >= 4 is 26.8 Å². The molecule has 1 N–H and O–H groups in total. The molecule has 2 unspecified atom stereocenters. The third-order valence-electron chi connectivity index (χ3n) is 4.23. The molecule has 0 fully saturated rings. The molecule has 1 aromatic heterocycles. The normalized spacial score (nSPS) is 25.6. The van der Waals surface area contributed by atoms with Crippen molar-refractivity contribution < 1.29 is 4.74 Å². The largest absolute Gasteiger partial charge is 0.371 e. The van der Waals surface area contributed by atoms with E-state index in [0.717, 1.165) is 23.9 Å². The van der Waals surface area contributed by atoms with Crippen LogP contribution in [0.3, 0.4) is 0 Å². The standard InChI is InChI=1S/C17H16BrNO/c18-12-5-3-4-11(10-12)17-16-14(8-9-20-17)13-6-1-2-7-15(13)19-16/h1-3,5-7,10-11,17,19H,4,8-9H2. The molecule has 2 nitrogen and oxygen atoms in total. The summed E-state index contributed by atoms with van der Waals surface area (Å²) in [4.78, 5) is 3.58. The molecule has 0 amide bonds. The number of para-hydroxylation sites is 1. The van der Waals surface area contributed by atoms with Crippen LogP contribution in [0.2, 0.25) is 0 Å². The maximum Gasteiger partial charge on any atom is 0.104 e. The minimum Gasteiger partial charge on any atom is -0.371 e. The maximum absolute atomic E-state index is 6.09. The highest BCUT2D eigenvalue weighted by Crippen LogP contribution is 2.40. The van der Waals surface area contributed by atoms with Crippen molar-refractivity contribution in [3.63, 3.8) is 0 Å². The number of aromatic nitrogens is 1. The van der Waals surface area contributed by atoms with E-state index < -0.39 is 0 Å². The summed E-state index contributed by atoms with van der Waals surface area (Å²) in [5.74, 6) is 0.404. The summed E-state index contributed by atoms with van der Waals surface area (Å²) >= 11 is 3.58. The summed E-state index contributed by atoms with van der Waals surface area (Å²) in [6.07, 6.45) is 8.78. The number of ether oxygens (including phenoxy) is 1. The lowest BCUT2D eigenvalue weighted by atomic mass is 9.89. The van der Waals surface area contributed by atoms with Gasteiger partial charge in [0.15, 0.2) is 0 Å². The quantitative estimate of drug-likeness (QED) is 0.810. The molecule has 0 saturated heterocycles. The summed E-state index contributed by atoms with van der Waals surface area (Å²) in [6.45, 7) is 0.811. The molecule has 4 rings (SSSR count). The Morgan fingerprint density at radius 1 is 1.25 bits per heavy atom. The molecule has 0 spiro atoms. The van der Waals surface area contributed by atoms with E-state index in [4.69, 9.17) is 4.74 Å². The summed E-state index contributed by atoms with van der Waals surface area (Å²) < 4.78 is 7.24. The topological polar surface area (TPSA) is 25.0 Å². The van der Waals surface area contributed by atoms with Gasteiger partial charge in [-0.15, -0.1) is 0 Å². The van der Waals surface area contributed by atoms with E-state index in [9.17, 15) is 0 Å². The predicted octanol–water partition coefficient (Wildman–Crippen LogP) is 4.64. The molecule has 2 aliphatic rings. The van der Waals surface area contributed by atoms with E-state index in [2.05, 4.69) is 63.4 Å². The molecular formula is C17H16BrNO. The van der Waals surface area contributed by atoms with Gasteiger partial charge in [0.2, 0.25) is 0 Å². The van der Waals surface area contributed by atoms with E-state index >= 15 is 0 Å². The molecule has 0 radical (unpaired) electrons. The second kappa shape index (κ2) is 4.90. The number of rotatable bonds is 1. The first-order chi connectivity index (χ1) is 9.83. The van der Waals surface area contributed by atoms with Crippen LogP contribution in [0.15, 0.2) is 47.0 Å². The van der Waals surface area contributed by atoms with E-state index in [1.807, 2.05) is 0 Å². The number of allylic oxidation sites excluding steroid dienone is 3. The number of hydrogen-bond acceptors (Lipinski definition) is 1. The van der Waals surface area contributed by atoms with Crippen molar-refractivity contribution in [2.45, 2.75) is 18.9 Å². The average molecular weight is 330 g/mol. The third-order valence-corrected chi connectivity index (χ3v) is 4.76. The fourth-order valence-corrected chi connectivity index (χ4v) is 3.85. The summed E-state index contributed by atoms with van der Waals surface area (Å²) in [5.41, 5.74) is 3.94. The zero-order chi connectivity index (χ0) is 13.5. The Hall–Kier alpha value is -1.32. The second-order valence-electron chi connectivity index (χ2n) is 5.46. The average Bonchev–Trinajstić information content (AvgIpc) is 2.86. The first-order valence-corrected chi connectivity index (χ1v) is 7.87. The highest BCUT2D eigenvalue weighted by atomic mass is 79.9. The zero-order valence-corrected chi connectivity index (χ0v) is 12.7. The summed E-state index contributed by atoms with van der Waals surface area (Å²) in [6, 6.07) is 8.55. The third kappa shape index (κ3) is 1.97. The van der Waals surface area contributed by atoms with Gasteiger partial charge in [0, 0.05) is 27.0 Å². The lowest BCUT2D eigenvalue weighted by Gasteiger charge is -2.29. The second-order valence-corrected chi connectivity index (χ2v) is 6.37. The summed E-state index contributed by atoms with van der Waals surface area (Å²) in [5, 5.41) is 1.35. The van der Waals surface area contributed by atoms with Crippen LogP contribution in [0.4, 0.5) is 0 Å². The Kier molecular flexibility index (Phi) is 3.04. The van der Waals surface area contributed by atoms with Crippen molar-refractivity contribution in [3.8, 4) is 0 Å². The Morgan fingerprint density at radius 2 is 2.15 bits per heavy atom. The van der Waals surface area contributed by atoms with Crippen molar-refractivity contribution in [2.75, 3.05) is 6.61 Å². The maximum atomic E-state index is 6.09. The lowest BCUT2D eigenvalue weighted by Crippen LogP contribution is -2.22. The van der Waals surface area contributed by atoms with Crippen LogP contribution in [0.5, 0.6) is 0 Å². The molecule has 2 atom stereocenters. The van der Waals surface area contributed by atoms with E-state index in [1.165, 1.54) is 22.2 Å². The highest BCUT2D eigenvalue weighted by Gasteiger charge is 2.30. The Morgan fingerprint density at radius 3 is 3.05 bits per heavy atom. The Bertz CT molecular complexity index is 713. The number of benzene rings is 1. The molecule has 1 aliphatic carbocycles. The van der Waals surface area contributed by atoms with Gasteiger partial charge >= 0.3 is 0 Å². The molecule has 0 saturated carbocycles. The van der Waals surface area contributed by atoms with Gasteiger partial charge in [-0.3, -0.25) is 0 Å². The number of H-pyrrole nitrogens is 1. The van der Waals surface area contributed by atoms with Crippen molar-refractivity contribution in [2.24, 2.45) is 5.92 Å². The molecule has 0 bridgehead atoms. The van der Waals surface area contributed by atoms with Crippen molar-refractivity contribution in [3.05, 3.63) is 58.2 Å². The van der Waals surface area contributed by atoms with Gasteiger partial charge in [-0.05, 0) is 24.5 Å². The fraction of sp³-hybridized carbons (Fsp3) is 0.294. The lowest BCUT2D eigenvalue weighted by molar-refractivity contribution is 0.0125. The SMILES string of the molecule is BrC1=CC(C2OCCc3c2[nH]c2ccccc32)CC=C1. The van der Waals surface area contributed by atoms with Gasteiger partial charge < -0.3 is 9.72 Å². The van der Waals surface area contributed by atoms with Crippen LogP contribution in [-0.4, -0.2) is 11.6 Å². The summed E-state index contributed by atoms with van der Waals surface area (Å²) in [7, 11) is 0. The number of halogens is 1. The molecule has 2 heterocycles. The smallest absolute Gasteiger partial charge is 0.104 e. The molecule has 3 heteroatoms. The highest BCUT2D eigenvalue weighted by molar-refractivity contribution is 9.11. The van der Waals surface area contributed by atoms with Gasteiger partial charge in [0.25, 0.3) is 0 Å². The fourth-order valence-electron chi connectivity index (χ4n) is 3.32. The number of nitrogens with one attached hydrogen (secondary N) is 1. The number of aromatic amines is 1. The minimum atomic E-state index is 0.142. The minimum absolute atomic E-state index is 0.142. The van der Waals surface area contributed by atoms with Crippen LogP contribution in [0.25, 0.3) is 10.9 Å². The molecular weight excluding hydrogens is 314 g/mol. The first-order valence-electron chi connectivity index (χ1n) is 7.08. The monoisotopic (exact) mass is 329 g/mol. The van der Waals surface area contributed by atoms with Crippen LogP contribution < -0.4 is 0 Å². The Balaban J connectivity index is 1.80. The molecule has 1 aromatic carbocycles. The zero-order valence-electron chi connectivity index (χ0n) is 11.1. The van der Waals surface area contributed by atoms with Gasteiger partial charge in [-0.2, -0.15) is 0 Å². The van der Waals surface area contributed by atoms with E-state index in [1.54, 1.807) is 0 Å². The van der Waals surface area contributed by atoms with Gasteiger partial charge in [-0.25, -0.2) is 0 Å². The van der Waals surface area contributed by atoms with E-state index in [0.29, 0.717) is 5.92 Å². The number of hydrogen-bond donors (Lipinski definition) is 1. The van der Waals surface area contributed by atoms with E-state index in [-0.39, 0.29) is 6.10 Å². The van der Waals surface area contributed by atoms with Crippen LogP contribution in [0.1, 0.15) is 23.8 Å². The first kappa shape index (κ1) is 12.4. The van der Waals surface area contributed by atoms with Crippen molar-refractivity contribution in [1.29, 1.82) is 0 Å². The molecule has 1 aliphatic heterocycles.